The van der Waals surface area contributed by atoms with Gasteiger partial charge in [-0.2, -0.15) is 0 Å². The molecule has 0 aliphatic carbocycles. The fraction of sp³-hybridized carbons (Fsp3) is 0.231. The highest BCUT2D eigenvalue weighted by atomic mass is 79.9. The van der Waals surface area contributed by atoms with Crippen LogP contribution in [0.5, 0.6) is 0 Å². The highest BCUT2D eigenvalue weighted by molar-refractivity contribution is 9.10. The number of aromatic nitrogens is 2. The van der Waals surface area contributed by atoms with Gasteiger partial charge in [-0.25, -0.2) is 14.4 Å². The summed E-state index contributed by atoms with van der Waals surface area (Å²) in [6, 6.07) is 4.09. The van der Waals surface area contributed by atoms with Crippen molar-refractivity contribution in [2.75, 3.05) is 5.73 Å². The molecule has 100 valence electrons. The predicted octanol–water partition coefficient (Wildman–Crippen LogP) is 4.40. The third-order valence-electron chi connectivity index (χ3n) is 2.62. The number of hydrogen-bond acceptors (Lipinski definition) is 3. The van der Waals surface area contributed by atoms with Crippen molar-refractivity contribution in [3.05, 3.63) is 39.2 Å². The Hall–Kier alpha value is -1.20. The van der Waals surface area contributed by atoms with E-state index in [-0.39, 0.29) is 10.9 Å². The molecule has 0 bridgehead atoms. The van der Waals surface area contributed by atoms with E-state index in [0.29, 0.717) is 21.7 Å². The van der Waals surface area contributed by atoms with E-state index >= 15 is 0 Å². The van der Waals surface area contributed by atoms with E-state index in [1.807, 2.05) is 13.8 Å². The van der Waals surface area contributed by atoms with Crippen LogP contribution in [0.15, 0.2) is 22.7 Å². The predicted molar refractivity (Wildman–Crippen MR) is 78.6 cm³/mol. The molecule has 0 amide bonds. The molecule has 0 aliphatic heterocycles. The van der Waals surface area contributed by atoms with E-state index in [1.165, 1.54) is 12.1 Å². The summed E-state index contributed by atoms with van der Waals surface area (Å²) < 4.78 is 13.7. The molecule has 1 aromatic heterocycles. The molecule has 0 spiro atoms. The zero-order chi connectivity index (χ0) is 14.2. The molecule has 0 unspecified atom stereocenters. The summed E-state index contributed by atoms with van der Waals surface area (Å²) >= 11 is 9.39. The van der Waals surface area contributed by atoms with Gasteiger partial charge >= 0.3 is 0 Å². The van der Waals surface area contributed by atoms with Crippen LogP contribution in [0.2, 0.25) is 5.02 Å². The minimum atomic E-state index is -0.400. The van der Waals surface area contributed by atoms with E-state index in [2.05, 4.69) is 25.9 Å². The lowest BCUT2D eigenvalue weighted by Gasteiger charge is -2.12. The lowest BCUT2D eigenvalue weighted by molar-refractivity contribution is 0.628. The zero-order valence-electron chi connectivity index (χ0n) is 10.4. The van der Waals surface area contributed by atoms with Crippen LogP contribution >= 0.6 is 27.5 Å². The van der Waals surface area contributed by atoms with Crippen molar-refractivity contribution in [1.29, 1.82) is 0 Å². The number of anilines is 1. The van der Waals surface area contributed by atoms with E-state index in [0.717, 1.165) is 5.69 Å². The van der Waals surface area contributed by atoms with Crippen molar-refractivity contribution in [3.63, 3.8) is 0 Å². The third-order valence-corrected chi connectivity index (χ3v) is 3.75. The highest BCUT2D eigenvalue weighted by Crippen LogP contribution is 2.32. The molecule has 0 atom stereocenters. The summed E-state index contributed by atoms with van der Waals surface area (Å²) in [7, 11) is 0. The number of rotatable bonds is 2. The van der Waals surface area contributed by atoms with E-state index in [1.54, 1.807) is 6.07 Å². The summed E-state index contributed by atoms with van der Waals surface area (Å²) in [6.45, 7) is 4.01. The SMILES string of the molecule is CC(C)c1nc(-c2ccc(F)cc2Cl)nc(N)c1Br. The molecule has 2 aromatic rings. The van der Waals surface area contributed by atoms with Crippen molar-refractivity contribution in [2.24, 2.45) is 0 Å². The monoisotopic (exact) mass is 343 g/mol. The van der Waals surface area contributed by atoms with Gasteiger partial charge < -0.3 is 5.73 Å². The average molecular weight is 345 g/mol. The first kappa shape index (κ1) is 14.2. The maximum atomic E-state index is 13.1. The molecule has 1 aromatic carbocycles. The lowest BCUT2D eigenvalue weighted by Crippen LogP contribution is -2.04. The molecule has 19 heavy (non-hydrogen) atoms. The quantitative estimate of drug-likeness (QED) is 0.878. The molecule has 1 heterocycles. The number of nitrogens with zero attached hydrogens (tertiary/aromatic N) is 2. The maximum absolute atomic E-state index is 13.1. The van der Waals surface area contributed by atoms with Crippen LogP contribution in [0, 0.1) is 5.82 Å². The number of benzene rings is 1. The van der Waals surface area contributed by atoms with Crippen molar-refractivity contribution >= 4 is 33.3 Å². The van der Waals surface area contributed by atoms with Gasteiger partial charge in [0.15, 0.2) is 5.82 Å². The van der Waals surface area contributed by atoms with E-state index in [9.17, 15) is 4.39 Å². The lowest BCUT2D eigenvalue weighted by atomic mass is 10.1. The van der Waals surface area contributed by atoms with E-state index in [4.69, 9.17) is 17.3 Å². The van der Waals surface area contributed by atoms with Gasteiger partial charge in [0.25, 0.3) is 0 Å². The molecule has 0 saturated heterocycles. The Morgan fingerprint density at radius 2 is 2.00 bits per heavy atom. The standard InChI is InChI=1S/C13H12BrClFN3/c1-6(2)11-10(14)12(17)19-13(18-11)8-4-3-7(16)5-9(8)15/h3-6H,1-2H3,(H2,17,18,19). The van der Waals surface area contributed by atoms with Crippen molar-refractivity contribution in [1.82, 2.24) is 9.97 Å². The van der Waals surface area contributed by atoms with Crippen molar-refractivity contribution < 1.29 is 4.39 Å². The first-order valence-corrected chi connectivity index (χ1v) is 6.85. The third kappa shape index (κ3) is 2.87. The van der Waals surface area contributed by atoms with Crippen LogP contribution in [0.3, 0.4) is 0 Å². The maximum Gasteiger partial charge on any atom is 0.163 e. The highest BCUT2D eigenvalue weighted by Gasteiger charge is 2.15. The molecule has 0 fully saturated rings. The summed E-state index contributed by atoms with van der Waals surface area (Å²) in [5.74, 6) is 0.518. The molecule has 0 aliphatic rings. The summed E-state index contributed by atoms with van der Waals surface area (Å²) in [5, 5.41) is 0.261. The summed E-state index contributed by atoms with van der Waals surface area (Å²) in [4.78, 5) is 8.64. The molecule has 0 saturated carbocycles. The Labute approximate surface area is 124 Å². The van der Waals surface area contributed by atoms with Crippen LogP contribution in [0.4, 0.5) is 10.2 Å². The molecule has 3 nitrogen and oxygen atoms in total. The molecular formula is C13H12BrClFN3. The molecule has 2 N–H and O–H groups in total. The van der Waals surface area contributed by atoms with E-state index < -0.39 is 5.82 Å². The first-order valence-electron chi connectivity index (χ1n) is 5.68. The fourth-order valence-electron chi connectivity index (χ4n) is 1.66. The number of nitrogen functional groups attached to an aromatic ring is 1. The van der Waals surface area contributed by atoms with Gasteiger partial charge in [0.1, 0.15) is 11.6 Å². The second-order valence-electron chi connectivity index (χ2n) is 4.41. The zero-order valence-corrected chi connectivity index (χ0v) is 12.8. The van der Waals surface area contributed by atoms with Crippen molar-refractivity contribution in [2.45, 2.75) is 19.8 Å². The minimum Gasteiger partial charge on any atom is -0.383 e. The van der Waals surface area contributed by atoms with Gasteiger partial charge in [-0.3, -0.25) is 0 Å². The topological polar surface area (TPSA) is 51.8 Å². The second-order valence-corrected chi connectivity index (χ2v) is 5.61. The molecule has 6 heteroatoms. The van der Waals surface area contributed by atoms with Crippen LogP contribution in [0.25, 0.3) is 11.4 Å². The molecule has 2 rings (SSSR count). The Kier molecular flexibility index (Phi) is 4.06. The van der Waals surface area contributed by atoms with Crippen LogP contribution in [0.1, 0.15) is 25.5 Å². The minimum absolute atomic E-state index is 0.178. The summed E-state index contributed by atoms with van der Waals surface area (Å²) in [6.07, 6.45) is 0. The normalized spacial score (nSPS) is 11.1. The van der Waals surface area contributed by atoms with Crippen LogP contribution in [-0.2, 0) is 0 Å². The Balaban J connectivity index is 2.63. The van der Waals surface area contributed by atoms with Gasteiger partial charge in [0, 0.05) is 5.56 Å². The largest absolute Gasteiger partial charge is 0.383 e. The van der Waals surface area contributed by atoms with Crippen molar-refractivity contribution in [3.8, 4) is 11.4 Å². The number of halogens is 3. The van der Waals surface area contributed by atoms with Crippen LogP contribution in [-0.4, -0.2) is 9.97 Å². The van der Waals surface area contributed by atoms with Gasteiger partial charge in [-0.1, -0.05) is 25.4 Å². The second kappa shape index (κ2) is 5.43. The molecule has 0 radical (unpaired) electrons. The van der Waals surface area contributed by atoms with Gasteiger partial charge in [-0.15, -0.1) is 0 Å². The molecular weight excluding hydrogens is 333 g/mol. The Bertz CT molecular complexity index is 632. The van der Waals surface area contributed by atoms with Gasteiger partial charge in [0.05, 0.1) is 15.2 Å². The van der Waals surface area contributed by atoms with Gasteiger partial charge in [0.2, 0.25) is 0 Å². The fourth-order valence-corrected chi connectivity index (χ4v) is 2.54. The smallest absolute Gasteiger partial charge is 0.163 e. The first-order chi connectivity index (χ1) is 8.90. The number of hydrogen-bond donors (Lipinski definition) is 1. The van der Waals surface area contributed by atoms with Crippen LogP contribution < -0.4 is 5.73 Å². The van der Waals surface area contributed by atoms with Gasteiger partial charge in [-0.05, 0) is 40.0 Å². The Morgan fingerprint density at radius 3 is 2.58 bits per heavy atom. The summed E-state index contributed by atoms with van der Waals surface area (Å²) in [5.41, 5.74) is 7.22. The number of nitrogens with two attached hydrogens (primary N) is 1. The average Bonchev–Trinajstić information content (AvgIpc) is 2.32. The Morgan fingerprint density at radius 1 is 1.32 bits per heavy atom.